The molecule has 3 aromatic rings. The quantitative estimate of drug-likeness (QED) is 0.732. The highest BCUT2D eigenvalue weighted by atomic mass is 16.5. The standard InChI is InChI=1S/C19H19N3O2/c1-13-4-6-16(7-5-13)17-12-18(24-21-17)19(23)22(3)14(2)15-8-10-20-11-9-15/h4-12,14H,1-3H3/t14-/m1/s1. The molecule has 5 heteroatoms. The van der Waals surface area contributed by atoms with E-state index in [0.717, 1.165) is 11.1 Å². The van der Waals surface area contributed by atoms with Crippen molar-refractivity contribution in [1.82, 2.24) is 15.0 Å². The summed E-state index contributed by atoms with van der Waals surface area (Å²) in [4.78, 5) is 18.3. The van der Waals surface area contributed by atoms with Crippen molar-refractivity contribution in [2.45, 2.75) is 19.9 Å². The van der Waals surface area contributed by atoms with Crippen molar-refractivity contribution in [3.63, 3.8) is 0 Å². The zero-order valence-corrected chi connectivity index (χ0v) is 13.9. The van der Waals surface area contributed by atoms with Crippen LogP contribution in [0, 0.1) is 6.92 Å². The predicted octanol–water partition coefficient (Wildman–Crippen LogP) is 3.88. The second-order valence-corrected chi connectivity index (χ2v) is 5.82. The van der Waals surface area contributed by atoms with Gasteiger partial charge in [0.25, 0.3) is 5.91 Å². The van der Waals surface area contributed by atoms with Gasteiger partial charge >= 0.3 is 0 Å². The van der Waals surface area contributed by atoms with E-state index in [4.69, 9.17) is 4.52 Å². The number of carbonyl (C=O) groups is 1. The topological polar surface area (TPSA) is 59.2 Å². The summed E-state index contributed by atoms with van der Waals surface area (Å²) in [5, 5.41) is 4.02. The Balaban J connectivity index is 1.79. The third kappa shape index (κ3) is 3.20. The minimum absolute atomic E-state index is 0.0894. The average molecular weight is 321 g/mol. The fourth-order valence-electron chi connectivity index (χ4n) is 2.45. The number of benzene rings is 1. The van der Waals surface area contributed by atoms with E-state index in [1.807, 2.05) is 50.2 Å². The van der Waals surface area contributed by atoms with Crippen molar-refractivity contribution >= 4 is 5.91 Å². The Labute approximate surface area is 140 Å². The number of pyridine rings is 1. The molecule has 3 rings (SSSR count). The van der Waals surface area contributed by atoms with Gasteiger partial charge in [-0.25, -0.2) is 0 Å². The van der Waals surface area contributed by atoms with Gasteiger partial charge in [-0.15, -0.1) is 0 Å². The Bertz CT molecular complexity index is 825. The molecule has 0 fully saturated rings. The van der Waals surface area contributed by atoms with E-state index in [9.17, 15) is 4.79 Å². The van der Waals surface area contributed by atoms with Crippen molar-refractivity contribution in [1.29, 1.82) is 0 Å². The van der Waals surface area contributed by atoms with Crippen LogP contribution in [0.1, 0.15) is 34.6 Å². The van der Waals surface area contributed by atoms with E-state index < -0.39 is 0 Å². The molecule has 0 aliphatic carbocycles. The predicted molar refractivity (Wildman–Crippen MR) is 91.4 cm³/mol. The second-order valence-electron chi connectivity index (χ2n) is 5.82. The van der Waals surface area contributed by atoms with Crippen LogP contribution in [0.4, 0.5) is 0 Å². The molecule has 0 radical (unpaired) electrons. The third-order valence-electron chi connectivity index (χ3n) is 4.16. The number of nitrogens with zero attached hydrogens (tertiary/aromatic N) is 3. The summed E-state index contributed by atoms with van der Waals surface area (Å²) in [5.74, 6) is 0.0270. The van der Waals surface area contributed by atoms with Crippen molar-refractivity contribution in [3.8, 4) is 11.3 Å². The molecule has 1 amide bonds. The fourth-order valence-corrected chi connectivity index (χ4v) is 2.45. The summed E-state index contributed by atoms with van der Waals surface area (Å²) in [7, 11) is 1.75. The lowest BCUT2D eigenvalue weighted by atomic mass is 10.1. The molecule has 0 spiro atoms. The molecule has 1 aromatic carbocycles. The number of aromatic nitrogens is 2. The van der Waals surface area contributed by atoms with Gasteiger partial charge in [0, 0.05) is 31.1 Å². The Morgan fingerprint density at radius 3 is 2.46 bits per heavy atom. The number of rotatable bonds is 4. The van der Waals surface area contributed by atoms with E-state index in [1.165, 1.54) is 5.56 Å². The van der Waals surface area contributed by atoms with E-state index in [0.29, 0.717) is 5.69 Å². The van der Waals surface area contributed by atoms with Gasteiger partial charge in [0.2, 0.25) is 5.76 Å². The van der Waals surface area contributed by atoms with E-state index in [2.05, 4.69) is 10.1 Å². The van der Waals surface area contributed by atoms with Crippen molar-refractivity contribution in [3.05, 3.63) is 71.7 Å². The Kier molecular flexibility index (Phi) is 4.42. The molecule has 1 atom stereocenters. The van der Waals surface area contributed by atoms with Crippen molar-refractivity contribution in [2.75, 3.05) is 7.05 Å². The van der Waals surface area contributed by atoms with Crippen LogP contribution >= 0.6 is 0 Å². The SMILES string of the molecule is Cc1ccc(-c2cc(C(=O)N(C)[C@H](C)c3ccncc3)on2)cc1. The first-order chi connectivity index (χ1) is 11.6. The van der Waals surface area contributed by atoms with Crippen LogP contribution in [-0.2, 0) is 0 Å². The van der Waals surface area contributed by atoms with E-state index in [1.54, 1.807) is 30.4 Å². The molecule has 0 saturated heterocycles. The molecule has 0 saturated carbocycles. The van der Waals surface area contributed by atoms with Gasteiger partial charge in [-0.2, -0.15) is 0 Å². The number of amides is 1. The van der Waals surface area contributed by atoms with Gasteiger partial charge in [0.1, 0.15) is 5.69 Å². The first-order valence-corrected chi connectivity index (χ1v) is 7.77. The molecule has 2 heterocycles. The highest BCUT2D eigenvalue weighted by molar-refractivity contribution is 5.92. The van der Waals surface area contributed by atoms with E-state index in [-0.39, 0.29) is 17.7 Å². The van der Waals surface area contributed by atoms with Gasteiger partial charge in [-0.3, -0.25) is 9.78 Å². The summed E-state index contributed by atoms with van der Waals surface area (Å²) in [6, 6.07) is 13.3. The maximum absolute atomic E-state index is 12.6. The van der Waals surface area contributed by atoms with Crippen molar-refractivity contribution < 1.29 is 9.32 Å². The smallest absolute Gasteiger partial charge is 0.292 e. The van der Waals surface area contributed by atoms with E-state index >= 15 is 0 Å². The number of aryl methyl sites for hydroxylation is 1. The first kappa shape index (κ1) is 15.9. The lowest BCUT2D eigenvalue weighted by Gasteiger charge is -2.23. The molecule has 0 bridgehead atoms. The Morgan fingerprint density at radius 2 is 1.79 bits per heavy atom. The summed E-state index contributed by atoms with van der Waals surface area (Å²) >= 11 is 0. The van der Waals surface area contributed by atoms with Crippen LogP contribution in [0.5, 0.6) is 0 Å². The zero-order chi connectivity index (χ0) is 17.1. The van der Waals surface area contributed by atoms with Gasteiger partial charge in [-0.05, 0) is 31.5 Å². The number of hydrogen-bond donors (Lipinski definition) is 0. The monoisotopic (exact) mass is 321 g/mol. The minimum atomic E-state index is -0.204. The normalized spacial score (nSPS) is 12.0. The maximum Gasteiger partial charge on any atom is 0.292 e. The average Bonchev–Trinajstić information content (AvgIpc) is 3.11. The maximum atomic E-state index is 12.6. The highest BCUT2D eigenvalue weighted by Crippen LogP contribution is 2.23. The van der Waals surface area contributed by atoms with Gasteiger partial charge in [0.15, 0.2) is 0 Å². The Morgan fingerprint density at radius 1 is 1.12 bits per heavy atom. The number of hydrogen-bond acceptors (Lipinski definition) is 4. The van der Waals surface area contributed by atoms with Gasteiger partial charge in [0.05, 0.1) is 6.04 Å². The molecule has 122 valence electrons. The molecule has 0 aliphatic heterocycles. The van der Waals surface area contributed by atoms with Gasteiger partial charge in [-0.1, -0.05) is 35.0 Å². The number of carbonyl (C=O) groups excluding carboxylic acids is 1. The lowest BCUT2D eigenvalue weighted by molar-refractivity contribution is 0.0700. The third-order valence-corrected chi connectivity index (χ3v) is 4.16. The minimum Gasteiger partial charge on any atom is -0.350 e. The molecular weight excluding hydrogens is 302 g/mol. The van der Waals surface area contributed by atoms with Crippen LogP contribution < -0.4 is 0 Å². The van der Waals surface area contributed by atoms with Crippen LogP contribution in [0.3, 0.4) is 0 Å². The summed E-state index contributed by atoms with van der Waals surface area (Å²) in [6.45, 7) is 3.99. The van der Waals surface area contributed by atoms with Crippen LogP contribution in [0.15, 0.2) is 59.4 Å². The van der Waals surface area contributed by atoms with Gasteiger partial charge < -0.3 is 9.42 Å². The molecule has 5 nitrogen and oxygen atoms in total. The molecule has 0 unspecified atom stereocenters. The largest absolute Gasteiger partial charge is 0.350 e. The summed E-state index contributed by atoms with van der Waals surface area (Å²) < 4.78 is 5.26. The van der Waals surface area contributed by atoms with Crippen LogP contribution in [0.2, 0.25) is 0 Å². The molecule has 2 aromatic heterocycles. The molecule has 0 aliphatic rings. The first-order valence-electron chi connectivity index (χ1n) is 7.77. The molecular formula is C19H19N3O2. The summed E-state index contributed by atoms with van der Waals surface area (Å²) in [6.07, 6.45) is 3.43. The molecule has 0 N–H and O–H groups in total. The lowest BCUT2D eigenvalue weighted by Crippen LogP contribution is -2.29. The highest BCUT2D eigenvalue weighted by Gasteiger charge is 2.23. The Hall–Kier alpha value is -2.95. The summed E-state index contributed by atoms with van der Waals surface area (Å²) in [5.41, 5.74) is 3.76. The van der Waals surface area contributed by atoms with Crippen LogP contribution in [-0.4, -0.2) is 28.0 Å². The van der Waals surface area contributed by atoms with Crippen LogP contribution in [0.25, 0.3) is 11.3 Å². The van der Waals surface area contributed by atoms with Crippen molar-refractivity contribution in [2.24, 2.45) is 0 Å². The fraction of sp³-hybridized carbons (Fsp3) is 0.211. The zero-order valence-electron chi connectivity index (χ0n) is 13.9. The molecule has 24 heavy (non-hydrogen) atoms. The second kappa shape index (κ2) is 6.66.